The lowest BCUT2D eigenvalue weighted by molar-refractivity contribution is -0.137. The van der Waals surface area contributed by atoms with Gasteiger partial charge in [-0.3, -0.25) is 4.79 Å². The number of piperidine rings is 1. The Kier molecular flexibility index (Phi) is 5.57. The summed E-state index contributed by atoms with van der Waals surface area (Å²) in [6, 6.07) is 12.3. The summed E-state index contributed by atoms with van der Waals surface area (Å²) in [5.41, 5.74) is 3.71. The van der Waals surface area contributed by atoms with Gasteiger partial charge >= 0.3 is 5.97 Å². The first kappa shape index (κ1) is 20.7. The van der Waals surface area contributed by atoms with Gasteiger partial charge in [0.05, 0.1) is 13.0 Å². The normalized spacial score (nSPS) is 19.8. The number of ether oxygens (including phenoxy) is 2. The fourth-order valence-electron chi connectivity index (χ4n) is 4.98. The third-order valence-electron chi connectivity index (χ3n) is 7.04. The number of fused-ring (bicyclic) bond motifs is 2. The number of hydrogen-bond acceptors (Lipinski definition) is 4. The van der Waals surface area contributed by atoms with Crippen molar-refractivity contribution in [3.05, 3.63) is 58.1 Å². The van der Waals surface area contributed by atoms with Crippen molar-refractivity contribution in [3.63, 3.8) is 0 Å². The molecule has 1 saturated carbocycles. The number of aliphatic carboxylic acids is 1. The Morgan fingerprint density at radius 1 is 1.23 bits per heavy atom. The van der Waals surface area contributed by atoms with Crippen LogP contribution in [0.2, 0.25) is 5.02 Å². The van der Waals surface area contributed by atoms with Crippen LogP contribution < -0.4 is 9.47 Å². The lowest BCUT2D eigenvalue weighted by Gasteiger charge is -2.38. The third-order valence-corrected chi connectivity index (χ3v) is 7.39. The standard InChI is InChI=1S/C25H28ClNO4/c26-22-3-1-2-19(17-4-5-17)20(22)15-30-18-6-7-21-23(14-18)31-16-25(21)9-12-27(13-10-25)11-8-24(28)29/h1-3,6-7,14,17H,4-5,8-13,15-16H2,(H,28,29). The molecular formula is C25H28ClNO4. The molecule has 1 saturated heterocycles. The molecule has 0 amide bonds. The Bertz CT molecular complexity index is 979. The first-order chi connectivity index (χ1) is 15.0. The van der Waals surface area contributed by atoms with Gasteiger partial charge in [-0.1, -0.05) is 29.8 Å². The first-order valence-corrected chi connectivity index (χ1v) is 11.5. The van der Waals surface area contributed by atoms with Crippen molar-refractivity contribution in [2.75, 3.05) is 26.2 Å². The van der Waals surface area contributed by atoms with E-state index in [9.17, 15) is 4.79 Å². The molecule has 0 atom stereocenters. The Labute approximate surface area is 187 Å². The zero-order valence-electron chi connectivity index (χ0n) is 17.6. The second kappa shape index (κ2) is 8.36. The minimum atomic E-state index is -0.733. The molecule has 1 spiro atoms. The van der Waals surface area contributed by atoms with E-state index in [1.165, 1.54) is 24.0 Å². The SMILES string of the molecule is O=C(O)CCN1CCC2(CC1)COc1cc(OCc3c(Cl)cccc3C3CC3)ccc12. The van der Waals surface area contributed by atoms with Crippen LogP contribution in [0.5, 0.6) is 11.5 Å². The Morgan fingerprint density at radius 2 is 2.03 bits per heavy atom. The van der Waals surface area contributed by atoms with E-state index in [0.29, 0.717) is 25.7 Å². The highest BCUT2D eigenvalue weighted by molar-refractivity contribution is 6.31. The number of nitrogens with zero attached hydrogens (tertiary/aromatic N) is 1. The molecule has 2 aliphatic heterocycles. The highest BCUT2D eigenvalue weighted by Crippen LogP contribution is 2.47. The van der Waals surface area contributed by atoms with Crippen LogP contribution in [-0.4, -0.2) is 42.2 Å². The monoisotopic (exact) mass is 441 g/mol. The fraction of sp³-hybridized carbons (Fsp3) is 0.480. The lowest BCUT2D eigenvalue weighted by atomic mass is 9.74. The molecule has 6 heteroatoms. The zero-order valence-corrected chi connectivity index (χ0v) is 18.4. The van der Waals surface area contributed by atoms with Gasteiger partial charge in [0.2, 0.25) is 0 Å². The van der Waals surface area contributed by atoms with E-state index in [2.05, 4.69) is 17.0 Å². The van der Waals surface area contributed by atoms with E-state index in [-0.39, 0.29) is 11.8 Å². The van der Waals surface area contributed by atoms with E-state index >= 15 is 0 Å². The maximum atomic E-state index is 10.8. The summed E-state index contributed by atoms with van der Waals surface area (Å²) < 4.78 is 12.2. The van der Waals surface area contributed by atoms with Crippen molar-refractivity contribution in [2.24, 2.45) is 0 Å². The summed E-state index contributed by atoms with van der Waals surface area (Å²) in [7, 11) is 0. The van der Waals surface area contributed by atoms with Crippen LogP contribution in [0.15, 0.2) is 36.4 Å². The topological polar surface area (TPSA) is 59.0 Å². The van der Waals surface area contributed by atoms with Gasteiger partial charge < -0.3 is 19.5 Å². The summed E-state index contributed by atoms with van der Waals surface area (Å²) in [6.07, 6.45) is 4.65. The lowest BCUT2D eigenvalue weighted by Crippen LogP contribution is -2.44. The minimum absolute atomic E-state index is 0.0372. The molecule has 0 bridgehead atoms. The van der Waals surface area contributed by atoms with Crippen LogP contribution >= 0.6 is 11.6 Å². The number of carbonyl (C=O) groups is 1. The average Bonchev–Trinajstić information content (AvgIpc) is 3.56. The van der Waals surface area contributed by atoms with Crippen LogP contribution in [0.3, 0.4) is 0 Å². The zero-order chi connectivity index (χ0) is 21.4. The molecule has 2 heterocycles. The van der Waals surface area contributed by atoms with Gasteiger partial charge in [0.25, 0.3) is 0 Å². The maximum absolute atomic E-state index is 10.8. The van der Waals surface area contributed by atoms with Gasteiger partial charge in [-0.15, -0.1) is 0 Å². The molecule has 2 aromatic rings. The second-order valence-electron chi connectivity index (χ2n) is 9.08. The summed E-state index contributed by atoms with van der Waals surface area (Å²) >= 11 is 6.47. The molecule has 31 heavy (non-hydrogen) atoms. The number of halogens is 1. The van der Waals surface area contributed by atoms with Gasteiger partial charge in [-0.25, -0.2) is 0 Å². The molecule has 1 N–H and O–H groups in total. The van der Waals surface area contributed by atoms with Crippen molar-refractivity contribution >= 4 is 17.6 Å². The van der Waals surface area contributed by atoms with Gasteiger partial charge in [0, 0.05) is 34.2 Å². The first-order valence-electron chi connectivity index (χ1n) is 11.2. The van der Waals surface area contributed by atoms with Crippen molar-refractivity contribution in [2.45, 2.75) is 50.0 Å². The fourth-order valence-corrected chi connectivity index (χ4v) is 5.21. The van der Waals surface area contributed by atoms with Crippen LogP contribution in [0.1, 0.15) is 54.7 Å². The van der Waals surface area contributed by atoms with Gasteiger partial charge in [-0.05, 0) is 62.4 Å². The molecule has 1 aliphatic carbocycles. The van der Waals surface area contributed by atoms with Gasteiger partial charge in [0.1, 0.15) is 18.1 Å². The Morgan fingerprint density at radius 3 is 2.77 bits per heavy atom. The van der Waals surface area contributed by atoms with Crippen molar-refractivity contribution < 1.29 is 19.4 Å². The van der Waals surface area contributed by atoms with Crippen molar-refractivity contribution in [1.82, 2.24) is 4.90 Å². The van der Waals surface area contributed by atoms with E-state index < -0.39 is 5.97 Å². The number of hydrogen-bond donors (Lipinski definition) is 1. The van der Waals surface area contributed by atoms with Crippen LogP contribution in [0.25, 0.3) is 0 Å². The van der Waals surface area contributed by atoms with E-state index in [1.807, 2.05) is 24.3 Å². The van der Waals surface area contributed by atoms with Crippen LogP contribution in [0, 0.1) is 0 Å². The highest BCUT2D eigenvalue weighted by Gasteiger charge is 2.43. The van der Waals surface area contributed by atoms with Crippen LogP contribution in [-0.2, 0) is 16.8 Å². The van der Waals surface area contributed by atoms with E-state index in [1.54, 1.807) is 0 Å². The van der Waals surface area contributed by atoms with E-state index in [0.717, 1.165) is 48.0 Å². The molecule has 3 aliphatic rings. The molecule has 5 nitrogen and oxygen atoms in total. The molecule has 2 aromatic carbocycles. The quantitative estimate of drug-likeness (QED) is 0.655. The van der Waals surface area contributed by atoms with Crippen LogP contribution in [0.4, 0.5) is 0 Å². The summed E-state index contributed by atoms with van der Waals surface area (Å²) in [6.45, 7) is 3.59. The summed E-state index contributed by atoms with van der Waals surface area (Å²) in [4.78, 5) is 13.1. The molecule has 5 rings (SSSR count). The molecule has 164 valence electrons. The number of likely N-dealkylation sites (tertiary alicyclic amines) is 1. The maximum Gasteiger partial charge on any atom is 0.304 e. The molecule has 2 fully saturated rings. The molecular weight excluding hydrogens is 414 g/mol. The minimum Gasteiger partial charge on any atom is -0.492 e. The summed E-state index contributed by atoms with van der Waals surface area (Å²) in [5, 5.41) is 9.69. The second-order valence-corrected chi connectivity index (χ2v) is 9.49. The Hall–Kier alpha value is -2.24. The number of rotatable bonds is 7. The number of benzene rings is 2. The van der Waals surface area contributed by atoms with Crippen molar-refractivity contribution in [3.8, 4) is 11.5 Å². The number of carboxylic acids is 1. The third kappa shape index (κ3) is 4.26. The Balaban J connectivity index is 1.25. The number of carboxylic acid groups (broad SMARTS) is 1. The van der Waals surface area contributed by atoms with E-state index in [4.69, 9.17) is 26.2 Å². The molecule has 0 radical (unpaired) electrons. The molecule has 0 unspecified atom stereocenters. The van der Waals surface area contributed by atoms with Gasteiger partial charge in [0.15, 0.2) is 0 Å². The molecule has 0 aromatic heterocycles. The summed E-state index contributed by atoms with van der Waals surface area (Å²) in [5.74, 6) is 1.61. The van der Waals surface area contributed by atoms with Gasteiger partial charge in [-0.2, -0.15) is 0 Å². The largest absolute Gasteiger partial charge is 0.492 e. The smallest absolute Gasteiger partial charge is 0.304 e. The highest BCUT2D eigenvalue weighted by atomic mass is 35.5. The van der Waals surface area contributed by atoms with Crippen molar-refractivity contribution in [1.29, 1.82) is 0 Å². The predicted molar refractivity (Wildman–Crippen MR) is 119 cm³/mol. The average molecular weight is 442 g/mol. The predicted octanol–water partition coefficient (Wildman–Crippen LogP) is 5.00.